The molecule has 0 heterocycles. The first kappa shape index (κ1) is 19.4. The zero-order chi connectivity index (χ0) is 15.1. The van der Waals surface area contributed by atoms with Crippen LogP contribution in [0.15, 0.2) is 24.3 Å². The molecule has 0 radical (unpaired) electrons. The largest absolute Gasteiger partial charge is 0.346 e. The standard InChI is InChI=1S/C15H23N3O2.ClH/c1-11(2)13-6-4-12(5-7-13)10-18(3)15(20)9-17-14(19)8-16;/h4-7,11H,8-10,16H2,1-3H3,(H,17,19);1H. The van der Waals surface area contributed by atoms with E-state index in [1.807, 2.05) is 12.1 Å². The topological polar surface area (TPSA) is 75.4 Å². The van der Waals surface area contributed by atoms with Crippen LogP contribution in [0.25, 0.3) is 0 Å². The Morgan fingerprint density at radius 1 is 1.24 bits per heavy atom. The smallest absolute Gasteiger partial charge is 0.242 e. The lowest BCUT2D eigenvalue weighted by Gasteiger charge is -2.18. The van der Waals surface area contributed by atoms with Gasteiger partial charge in [0.25, 0.3) is 0 Å². The minimum absolute atomic E-state index is 0. The number of hydrogen-bond donors (Lipinski definition) is 2. The second-order valence-corrected chi connectivity index (χ2v) is 5.13. The van der Waals surface area contributed by atoms with Crippen molar-refractivity contribution in [2.45, 2.75) is 26.3 Å². The summed E-state index contributed by atoms with van der Waals surface area (Å²) in [6.45, 7) is 4.69. The van der Waals surface area contributed by atoms with E-state index in [4.69, 9.17) is 5.73 Å². The number of halogens is 1. The van der Waals surface area contributed by atoms with E-state index in [0.717, 1.165) is 5.56 Å². The fourth-order valence-electron chi connectivity index (χ4n) is 1.75. The maximum atomic E-state index is 11.8. The van der Waals surface area contributed by atoms with Crippen molar-refractivity contribution in [3.63, 3.8) is 0 Å². The maximum Gasteiger partial charge on any atom is 0.242 e. The zero-order valence-corrected chi connectivity index (χ0v) is 13.6. The van der Waals surface area contributed by atoms with Crippen LogP contribution in [-0.4, -0.2) is 36.9 Å². The first-order valence-electron chi connectivity index (χ1n) is 6.73. The average molecular weight is 314 g/mol. The first-order chi connectivity index (χ1) is 9.43. The van der Waals surface area contributed by atoms with Gasteiger partial charge in [-0.1, -0.05) is 38.1 Å². The van der Waals surface area contributed by atoms with Crippen LogP contribution in [0.2, 0.25) is 0 Å². The molecule has 5 nitrogen and oxygen atoms in total. The summed E-state index contributed by atoms with van der Waals surface area (Å²) in [6.07, 6.45) is 0. The van der Waals surface area contributed by atoms with Crippen molar-refractivity contribution < 1.29 is 9.59 Å². The highest BCUT2D eigenvalue weighted by Gasteiger charge is 2.10. The number of rotatable bonds is 6. The van der Waals surface area contributed by atoms with E-state index in [9.17, 15) is 9.59 Å². The number of amides is 2. The van der Waals surface area contributed by atoms with Gasteiger partial charge < -0.3 is 16.0 Å². The molecule has 0 bridgehead atoms. The van der Waals surface area contributed by atoms with Crippen LogP contribution in [-0.2, 0) is 16.1 Å². The van der Waals surface area contributed by atoms with Gasteiger partial charge in [-0.15, -0.1) is 12.4 Å². The van der Waals surface area contributed by atoms with Crippen molar-refractivity contribution in [1.29, 1.82) is 0 Å². The van der Waals surface area contributed by atoms with Crippen molar-refractivity contribution in [2.75, 3.05) is 20.1 Å². The summed E-state index contributed by atoms with van der Waals surface area (Å²) in [5, 5.41) is 2.47. The molecule has 0 saturated heterocycles. The highest BCUT2D eigenvalue weighted by Crippen LogP contribution is 2.15. The number of benzene rings is 1. The lowest BCUT2D eigenvalue weighted by atomic mass is 10.0. The predicted molar refractivity (Wildman–Crippen MR) is 86.3 cm³/mol. The Labute approximate surface area is 132 Å². The van der Waals surface area contributed by atoms with Gasteiger partial charge in [0.15, 0.2) is 0 Å². The molecule has 0 fully saturated rings. The monoisotopic (exact) mass is 313 g/mol. The van der Waals surface area contributed by atoms with Crippen LogP contribution in [0.5, 0.6) is 0 Å². The molecule has 21 heavy (non-hydrogen) atoms. The number of nitrogens with two attached hydrogens (primary N) is 1. The highest BCUT2D eigenvalue weighted by molar-refractivity contribution is 5.85. The Morgan fingerprint density at radius 3 is 2.29 bits per heavy atom. The number of likely N-dealkylation sites (N-methyl/N-ethyl adjacent to an activating group) is 1. The maximum absolute atomic E-state index is 11.8. The van der Waals surface area contributed by atoms with E-state index < -0.39 is 0 Å². The summed E-state index contributed by atoms with van der Waals surface area (Å²) in [5.41, 5.74) is 7.50. The van der Waals surface area contributed by atoms with Crippen molar-refractivity contribution in [2.24, 2.45) is 5.73 Å². The van der Waals surface area contributed by atoms with E-state index in [1.54, 1.807) is 11.9 Å². The quantitative estimate of drug-likeness (QED) is 0.830. The molecule has 0 saturated carbocycles. The zero-order valence-electron chi connectivity index (χ0n) is 12.8. The molecule has 0 unspecified atom stereocenters. The third kappa shape index (κ3) is 6.60. The SMILES string of the molecule is CC(C)c1ccc(CN(C)C(=O)CNC(=O)CN)cc1.Cl. The van der Waals surface area contributed by atoms with Gasteiger partial charge in [0.05, 0.1) is 13.1 Å². The number of nitrogens with one attached hydrogen (secondary N) is 1. The highest BCUT2D eigenvalue weighted by atomic mass is 35.5. The number of hydrogen-bond acceptors (Lipinski definition) is 3. The number of carbonyl (C=O) groups excluding carboxylic acids is 2. The summed E-state index contributed by atoms with van der Waals surface area (Å²) < 4.78 is 0. The number of nitrogens with zero attached hydrogens (tertiary/aromatic N) is 1. The fraction of sp³-hybridized carbons (Fsp3) is 0.467. The summed E-state index contributed by atoms with van der Waals surface area (Å²) in [6, 6.07) is 8.21. The Bertz CT molecular complexity index is 460. The van der Waals surface area contributed by atoms with Crippen molar-refractivity contribution in [1.82, 2.24) is 10.2 Å². The third-order valence-electron chi connectivity index (χ3n) is 3.11. The fourth-order valence-corrected chi connectivity index (χ4v) is 1.75. The van der Waals surface area contributed by atoms with Gasteiger partial charge in [-0.3, -0.25) is 9.59 Å². The lowest BCUT2D eigenvalue weighted by Crippen LogP contribution is -2.40. The van der Waals surface area contributed by atoms with Crippen molar-refractivity contribution in [3.8, 4) is 0 Å². The predicted octanol–water partition coefficient (Wildman–Crippen LogP) is 1.27. The molecule has 0 spiro atoms. The molecular formula is C15H24ClN3O2. The van der Waals surface area contributed by atoms with Crippen molar-refractivity contribution >= 4 is 24.2 Å². The van der Waals surface area contributed by atoms with E-state index in [0.29, 0.717) is 12.5 Å². The van der Waals surface area contributed by atoms with Gasteiger partial charge >= 0.3 is 0 Å². The molecule has 1 rings (SSSR count). The molecule has 2 amide bonds. The molecule has 0 atom stereocenters. The van der Waals surface area contributed by atoms with Crippen LogP contribution < -0.4 is 11.1 Å². The van der Waals surface area contributed by atoms with E-state index >= 15 is 0 Å². The average Bonchev–Trinajstić information content (AvgIpc) is 2.44. The lowest BCUT2D eigenvalue weighted by molar-refractivity contribution is -0.131. The van der Waals surface area contributed by atoms with E-state index in [2.05, 4.69) is 31.3 Å². The van der Waals surface area contributed by atoms with Crippen LogP contribution >= 0.6 is 12.4 Å². The molecule has 118 valence electrons. The Hall–Kier alpha value is -1.59. The van der Waals surface area contributed by atoms with Gasteiger partial charge in [0, 0.05) is 13.6 Å². The summed E-state index contributed by atoms with van der Waals surface area (Å²) >= 11 is 0. The molecule has 6 heteroatoms. The van der Waals surface area contributed by atoms with Crippen molar-refractivity contribution in [3.05, 3.63) is 35.4 Å². The number of carbonyl (C=O) groups is 2. The molecule has 0 aliphatic heterocycles. The van der Waals surface area contributed by atoms with Crippen LogP contribution in [0.4, 0.5) is 0 Å². The summed E-state index contributed by atoms with van der Waals surface area (Å²) in [5.74, 6) is 0.0302. The van der Waals surface area contributed by atoms with E-state index in [1.165, 1.54) is 5.56 Å². The van der Waals surface area contributed by atoms with Gasteiger partial charge in [-0.2, -0.15) is 0 Å². The Kier molecular flexibility index (Phi) is 8.66. The van der Waals surface area contributed by atoms with Gasteiger partial charge in [0.1, 0.15) is 0 Å². The molecule has 0 aliphatic carbocycles. The Morgan fingerprint density at radius 2 is 1.81 bits per heavy atom. The van der Waals surface area contributed by atoms with Crippen LogP contribution in [0.1, 0.15) is 30.9 Å². The molecule has 0 aliphatic rings. The molecule has 1 aromatic carbocycles. The van der Waals surface area contributed by atoms with Gasteiger partial charge in [0.2, 0.25) is 11.8 Å². The second-order valence-electron chi connectivity index (χ2n) is 5.13. The summed E-state index contributed by atoms with van der Waals surface area (Å²) in [7, 11) is 1.72. The molecule has 0 aromatic heterocycles. The molecule has 1 aromatic rings. The van der Waals surface area contributed by atoms with Gasteiger partial charge in [-0.05, 0) is 17.0 Å². The molecular weight excluding hydrogens is 290 g/mol. The normalized spacial score (nSPS) is 9.95. The van der Waals surface area contributed by atoms with E-state index in [-0.39, 0.29) is 37.3 Å². The van der Waals surface area contributed by atoms with Crippen LogP contribution in [0, 0.1) is 0 Å². The second kappa shape index (κ2) is 9.37. The Balaban J connectivity index is 0.00000400. The first-order valence-corrected chi connectivity index (χ1v) is 6.73. The minimum Gasteiger partial charge on any atom is -0.346 e. The van der Waals surface area contributed by atoms with Gasteiger partial charge in [-0.25, -0.2) is 0 Å². The summed E-state index contributed by atoms with van der Waals surface area (Å²) in [4.78, 5) is 24.4. The molecule has 3 N–H and O–H groups in total. The van der Waals surface area contributed by atoms with Crippen LogP contribution in [0.3, 0.4) is 0 Å². The third-order valence-corrected chi connectivity index (χ3v) is 3.11. The minimum atomic E-state index is -0.326.